The Balaban J connectivity index is 1.54. The third-order valence-electron chi connectivity index (χ3n) is 4.52. The molecule has 2 heterocycles. The highest BCUT2D eigenvalue weighted by atomic mass is 32.1. The molecule has 1 N–H and O–H groups in total. The Hall–Kier alpha value is -2.42. The highest BCUT2D eigenvalue weighted by Gasteiger charge is 2.21. The van der Waals surface area contributed by atoms with Crippen molar-refractivity contribution in [2.45, 2.75) is 19.6 Å². The van der Waals surface area contributed by atoms with E-state index in [1.807, 2.05) is 18.2 Å². The smallest absolute Gasteiger partial charge is 0.292 e. The fraction of sp³-hybridized carbons (Fsp3) is 0.211. The number of fused-ring (bicyclic) bond motifs is 1. The Morgan fingerprint density at radius 2 is 1.96 bits per heavy atom. The molecule has 4 aromatic rings. The van der Waals surface area contributed by atoms with Gasteiger partial charge in [0.15, 0.2) is 11.7 Å². The lowest BCUT2D eigenvalue weighted by Gasteiger charge is -2.19. The molecule has 138 valence electrons. The molecule has 0 saturated carbocycles. The molecule has 2 aromatic carbocycles. The third kappa shape index (κ3) is 3.69. The van der Waals surface area contributed by atoms with Gasteiger partial charge in [-0.05, 0) is 55.5 Å². The summed E-state index contributed by atoms with van der Waals surface area (Å²) in [4.78, 5) is 6.22. The standard InChI is InChI=1S/C19H17FN4OS2/c1-12(18-21-15-5-3-4-6-16(15)27-18)23(2)11-24-19(26)25-17(22-24)13-7-9-14(20)10-8-13/h3-10,12H,11H2,1-2H3/p+1/t12-/m1/s1. The van der Waals surface area contributed by atoms with Crippen LogP contribution in [0.4, 0.5) is 4.39 Å². The first-order valence-electron chi connectivity index (χ1n) is 8.53. The summed E-state index contributed by atoms with van der Waals surface area (Å²) < 4.78 is 21.5. The van der Waals surface area contributed by atoms with Gasteiger partial charge in [-0.1, -0.05) is 12.1 Å². The lowest BCUT2D eigenvalue weighted by Crippen LogP contribution is -3.08. The van der Waals surface area contributed by atoms with Crippen LogP contribution in [0.25, 0.3) is 21.7 Å². The number of thiazole rings is 1. The predicted molar refractivity (Wildman–Crippen MR) is 106 cm³/mol. The molecule has 2 aromatic heterocycles. The molecule has 1 unspecified atom stereocenters. The second-order valence-electron chi connectivity index (χ2n) is 6.43. The highest BCUT2D eigenvalue weighted by Crippen LogP contribution is 2.25. The molecule has 0 spiro atoms. The number of aromatic nitrogens is 3. The second kappa shape index (κ2) is 7.30. The van der Waals surface area contributed by atoms with E-state index in [4.69, 9.17) is 21.6 Å². The maximum atomic E-state index is 13.1. The van der Waals surface area contributed by atoms with Crippen LogP contribution in [0.3, 0.4) is 0 Å². The van der Waals surface area contributed by atoms with E-state index in [0.29, 0.717) is 23.0 Å². The summed E-state index contributed by atoms with van der Waals surface area (Å²) in [6.07, 6.45) is 0. The number of benzene rings is 2. The molecule has 8 heteroatoms. The van der Waals surface area contributed by atoms with Crippen molar-refractivity contribution in [2.24, 2.45) is 0 Å². The number of hydrogen-bond acceptors (Lipinski definition) is 5. The van der Waals surface area contributed by atoms with E-state index in [9.17, 15) is 4.39 Å². The molecule has 0 fully saturated rings. The van der Waals surface area contributed by atoms with Crippen molar-refractivity contribution in [2.75, 3.05) is 7.05 Å². The van der Waals surface area contributed by atoms with Gasteiger partial charge in [0.1, 0.15) is 11.9 Å². The van der Waals surface area contributed by atoms with Crippen molar-refractivity contribution >= 4 is 33.8 Å². The first-order chi connectivity index (χ1) is 13.0. The van der Waals surface area contributed by atoms with Gasteiger partial charge in [-0.2, -0.15) is 4.68 Å². The molecule has 0 saturated heterocycles. The summed E-state index contributed by atoms with van der Waals surface area (Å²) in [7, 11) is 2.07. The van der Waals surface area contributed by atoms with Gasteiger partial charge >= 0.3 is 0 Å². The number of halogens is 1. The molecular formula is C19H18FN4OS2+. The van der Waals surface area contributed by atoms with E-state index >= 15 is 0 Å². The Kier molecular flexibility index (Phi) is 4.86. The molecule has 4 rings (SSSR count). The molecule has 0 bridgehead atoms. The van der Waals surface area contributed by atoms with Crippen LogP contribution in [0.2, 0.25) is 0 Å². The van der Waals surface area contributed by atoms with Gasteiger partial charge in [-0.3, -0.25) is 0 Å². The van der Waals surface area contributed by atoms with Crippen molar-refractivity contribution in [1.82, 2.24) is 14.8 Å². The molecule has 0 aliphatic heterocycles. The first-order valence-corrected chi connectivity index (χ1v) is 9.75. The summed E-state index contributed by atoms with van der Waals surface area (Å²) in [6.45, 7) is 2.68. The summed E-state index contributed by atoms with van der Waals surface area (Å²) in [5.74, 6) is 0.0889. The Morgan fingerprint density at radius 1 is 1.22 bits per heavy atom. The maximum absolute atomic E-state index is 13.1. The zero-order valence-corrected chi connectivity index (χ0v) is 16.5. The van der Waals surface area contributed by atoms with Gasteiger partial charge in [-0.25, -0.2) is 9.37 Å². The van der Waals surface area contributed by atoms with Crippen LogP contribution >= 0.6 is 23.6 Å². The van der Waals surface area contributed by atoms with Gasteiger partial charge in [-0.15, -0.1) is 16.4 Å². The average molecular weight is 402 g/mol. The fourth-order valence-corrected chi connectivity index (χ4v) is 4.07. The summed E-state index contributed by atoms with van der Waals surface area (Å²) in [5, 5.41) is 5.53. The van der Waals surface area contributed by atoms with Crippen LogP contribution in [0.5, 0.6) is 0 Å². The number of para-hydroxylation sites is 1. The van der Waals surface area contributed by atoms with Crippen LogP contribution in [-0.4, -0.2) is 21.8 Å². The maximum Gasteiger partial charge on any atom is 0.292 e. The van der Waals surface area contributed by atoms with Gasteiger partial charge < -0.3 is 9.32 Å². The molecule has 2 atom stereocenters. The van der Waals surface area contributed by atoms with Crippen LogP contribution in [0.15, 0.2) is 52.9 Å². The van der Waals surface area contributed by atoms with Crippen molar-refractivity contribution in [3.63, 3.8) is 0 Å². The van der Waals surface area contributed by atoms with Crippen LogP contribution in [0, 0.1) is 10.7 Å². The van der Waals surface area contributed by atoms with Crippen molar-refractivity contribution < 1.29 is 13.7 Å². The van der Waals surface area contributed by atoms with E-state index in [1.54, 1.807) is 28.2 Å². The molecular weight excluding hydrogens is 383 g/mol. The largest absolute Gasteiger partial charge is 0.409 e. The van der Waals surface area contributed by atoms with Gasteiger partial charge in [0, 0.05) is 5.56 Å². The van der Waals surface area contributed by atoms with Gasteiger partial charge in [0.25, 0.3) is 4.84 Å². The predicted octanol–water partition coefficient (Wildman–Crippen LogP) is 3.85. The Bertz CT molecular complexity index is 1100. The lowest BCUT2D eigenvalue weighted by molar-refractivity contribution is -0.933. The van der Waals surface area contributed by atoms with Crippen LogP contribution in [0.1, 0.15) is 18.0 Å². The number of quaternary nitrogens is 1. The van der Waals surface area contributed by atoms with E-state index in [1.165, 1.54) is 21.7 Å². The van der Waals surface area contributed by atoms with E-state index in [2.05, 4.69) is 25.1 Å². The molecule has 0 aliphatic carbocycles. The number of hydrogen-bond donors (Lipinski definition) is 1. The van der Waals surface area contributed by atoms with E-state index < -0.39 is 0 Å². The minimum atomic E-state index is -0.300. The highest BCUT2D eigenvalue weighted by molar-refractivity contribution is 7.71. The SMILES string of the molecule is C[C@H](c1nc2ccccc2s1)[NH+](C)Cn1nc(-c2ccc(F)cc2)oc1=S. The number of nitrogens with one attached hydrogen (secondary N) is 1. The topological polar surface area (TPSA) is 48.3 Å². The molecule has 0 amide bonds. The zero-order chi connectivity index (χ0) is 19.0. The summed E-state index contributed by atoms with van der Waals surface area (Å²) >= 11 is 7.01. The van der Waals surface area contributed by atoms with Crippen molar-refractivity contribution in [3.05, 3.63) is 64.2 Å². The first kappa shape index (κ1) is 18.0. The Labute approximate surface area is 164 Å². The zero-order valence-electron chi connectivity index (χ0n) is 14.8. The molecule has 5 nitrogen and oxygen atoms in total. The lowest BCUT2D eigenvalue weighted by atomic mass is 10.2. The minimum Gasteiger partial charge on any atom is -0.409 e. The molecule has 0 aliphatic rings. The van der Waals surface area contributed by atoms with Crippen LogP contribution < -0.4 is 4.90 Å². The fourth-order valence-electron chi connectivity index (χ4n) is 2.77. The van der Waals surface area contributed by atoms with Crippen LogP contribution in [-0.2, 0) is 6.67 Å². The molecule has 0 radical (unpaired) electrons. The minimum absolute atomic E-state index is 0.176. The summed E-state index contributed by atoms with van der Waals surface area (Å²) in [5.41, 5.74) is 1.71. The van der Waals surface area contributed by atoms with Crippen molar-refractivity contribution in [1.29, 1.82) is 0 Å². The van der Waals surface area contributed by atoms with E-state index in [-0.39, 0.29) is 11.9 Å². The number of rotatable bonds is 5. The van der Waals surface area contributed by atoms with E-state index in [0.717, 1.165) is 10.5 Å². The van der Waals surface area contributed by atoms with Gasteiger partial charge in [0.2, 0.25) is 5.89 Å². The Morgan fingerprint density at radius 3 is 2.70 bits per heavy atom. The average Bonchev–Trinajstić information content (AvgIpc) is 3.25. The third-order valence-corrected chi connectivity index (χ3v) is 6.03. The second-order valence-corrected chi connectivity index (χ2v) is 7.84. The summed E-state index contributed by atoms with van der Waals surface area (Å²) in [6, 6.07) is 14.3. The normalized spacial score (nSPS) is 13.7. The monoisotopic (exact) mass is 401 g/mol. The van der Waals surface area contributed by atoms with Crippen molar-refractivity contribution in [3.8, 4) is 11.5 Å². The van der Waals surface area contributed by atoms with Gasteiger partial charge in [0.05, 0.1) is 17.3 Å². The number of nitrogens with zero attached hydrogens (tertiary/aromatic N) is 3. The quantitative estimate of drug-likeness (QED) is 0.516. The molecule has 27 heavy (non-hydrogen) atoms.